The second-order valence-electron chi connectivity index (χ2n) is 13.0. The third kappa shape index (κ3) is 13.8. The van der Waals surface area contributed by atoms with Crippen LogP contribution < -0.4 is 18.9 Å². The van der Waals surface area contributed by atoms with Gasteiger partial charge in [0, 0.05) is 26.2 Å². The zero-order chi connectivity index (χ0) is 42.6. The van der Waals surface area contributed by atoms with E-state index in [0.717, 1.165) is 22.3 Å². The molecule has 0 spiro atoms. The first-order chi connectivity index (χ1) is 27.9. The molecule has 4 aromatic rings. The van der Waals surface area contributed by atoms with Crippen LogP contribution in [-0.2, 0) is 46.2 Å². The van der Waals surface area contributed by atoms with Gasteiger partial charge in [0.25, 0.3) is 0 Å². The van der Waals surface area contributed by atoms with Gasteiger partial charge in [0.05, 0.1) is 40.6 Å². The number of nitrogens with zero attached hydrogens (tertiary/aromatic N) is 4. The van der Waals surface area contributed by atoms with E-state index in [1.54, 1.807) is 89.1 Å². The molecule has 0 bridgehead atoms. The standard InChI is InChI=1S/2C22H26N2O4S/c2*1-4-5-6-22(15-23)29(25,26)24(16-18-7-11-20(27-2)12-8-18)17-19-9-13-21(28-3)14-10-19/h2*4,7-14,22H,1,5-6,16-17H2,2-3H3/t2*22-/m10/s1. The van der Waals surface area contributed by atoms with E-state index in [-0.39, 0.29) is 39.0 Å². The van der Waals surface area contributed by atoms with Crippen molar-refractivity contribution in [3.05, 3.63) is 145 Å². The molecular weight excluding hydrogens is 777 g/mol. The van der Waals surface area contributed by atoms with Gasteiger partial charge in [0.2, 0.25) is 20.0 Å². The second-order valence-corrected chi connectivity index (χ2v) is 17.2. The third-order valence-electron chi connectivity index (χ3n) is 9.06. The molecule has 12 nitrogen and oxygen atoms in total. The summed E-state index contributed by atoms with van der Waals surface area (Å²) >= 11 is 0. The molecule has 0 amide bonds. The summed E-state index contributed by atoms with van der Waals surface area (Å²) in [5.74, 6) is 2.77. The first-order valence-corrected chi connectivity index (χ1v) is 21.4. The van der Waals surface area contributed by atoms with Crippen LogP contribution in [0.4, 0.5) is 0 Å². The van der Waals surface area contributed by atoms with Gasteiger partial charge in [-0.15, -0.1) is 13.2 Å². The fraction of sp³-hybridized carbons (Fsp3) is 0.318. The van der Waals surface area contributed by atoms with Crippen LogP contribution in [0.25, 0.3) is 0 Å². The average molecular weight is 829 g/mol. The largest absolute Gasteiger partial charge is 0.497 e. The molecule has 308 valence electrons. The van der Waals surface area contributed by atoms with Crippen molar-refractivity contribution in [3.63, 3.8) is 0 Å². The molecule has 0 N–H and O–H groups in total. The molecule has 2 atom stereocenters. The zero-order valence-corrected chi connectivity index (χ0v) is 35.1. The Balaban J connectivity index is 0.000000310. The maximum atomic E-state index is 13.2. The summed E-state index contributed by atoms with van der Waals surface area (Å²) in [4.78, 5) is 0. The van der Waals surface area contributed by atoms with E-state index in [2.05, 4.69) is 13.2 Å². The number of rotatable bonds is 22. The second kappa shape index (κ2) is 23.6. The Morgan fingerprint density at radius 2 is 0.724 bits per heavy atom. The monoisotopic (exact) mass is 828 g/mol. The van der Waals surface area contributed by atoms with Crippen molar-refractivity contribution in [2.24, 2.45) is 0 Å². The van der Waals surface area contributed by atoms with Crippen molar-refractivity contribution in [1.29, 1.82) is 10.5 Å². The number of benzene rings is 4. The summed E-state index contributed by atoms with van der Waals surface area (Å²) in [5.41, 5.74) is 3.23. The molecular formula is C44H52N4O8S2. The van der Waals surface area contributed by atoms with E-state index in [0.29, 0.717) is 35.8 Å². The van der Waals surface area contributed by atoms with Crippen molar-refractivity contribution in [2.75, 3.05) is 28.4 Å². The summed E-state index contributed by atoms with van der Waals surface area (Å²) in [6.07, 6.45) is 4.58. The minimum atomic E-state index is -3.85. The fourth-order valence-electron chi connectivity index (χ4n) is 5.67. The maximum absolute atomic E-state index is 13.2. The molecule has 0 aromatic heterocycles. The number of nitriles is 2. The Morgan fingerprint density at radius 3 is 0.897 bits per heavy atom. The van der Waals surface area contributed by atoms with Gasteiger partial charge in [-0.05, 0) is 96.5 Å². The van der Waals surface area contributed by atoms with E-state index in [9.17, 15) is 27.4 Å². The molecule has 0 aliphatic heterocycles. The average Bonchev–Trinajstić information content (AvgIpc) is 3.24. The van der Waals surface area contributed by atoms with Gasteiger partial charge in [-0.2, -0.15) is 19.1 Å². The van der Waals surface area contributed by atoms with Crippen LogP contribution in [-0.4, -0.2) is 64.4 Å². The number of hydrogen-bond donors (Lipinski definition) is 0. The van der Waals surface area contributed by atoms with Crippen LogP contribution in [0.3, 0.4) is 0 Å². The molecule has 0 saturated carbocycles. The predicted octanol–water partition coefficient (Wildman–Crippen LogP) is 7.79. The highest BCUT2D eigenvalue weighted by molar-refractivity contribution is 7.90. The summed E-state index contributed by atoms with van der Waals surface area (Å²) in [6, 6.07) is 32.7. The molecule has 14 heteroatoms. The summed E-state index contributed by atoms with van der Waals surface area (Å²) < 4.78 is 76.3. The van der Waals surface area contributed by atoms with E-state index in [1.807, 2.05) is 60.7 Å². The third-order valence-corrected chi connectivity index (χ3v) is 13.1. The number of methoxy groups -OCH3 is 4. The molecule has 58 heavy (non-hydrogen) atoms. The summed E-state index contributed by atoms with van der Waals surface area (Å²) in [7, 11) is -1.40. The lowest BCUT2D eigenvalue weighted by Crippen LogP contribution is -2.37. The van der Waals surface area contributed by atoms with Gasteiger partial charge in [-0.25, -0.2) is 16.8 Å². The van der Waals surface area contributed by atoms with Crippen molar-refractivity contribution in [3.8, 4) is 35.1 Å². The van der Waals surface area contributed by atoms with Crippen LogP contribution in [0.1, 0.15) is 47.9 Å². The predicted molar refractivity (Wildman–Crippen MR) is 226 cm³/mol. The molecule has 0 unspecified atom stereocenters. The van der Waals surface area contributed by atoms with Crippen molar-refractivity contribution in [2.45, 2.75) is 62.4 Å². The van der Waals surface area contributed by atoms with Gasteiger partial charge in [-0.1, -0.05) is 60.7 Å². The lowest BCUT2D eigenvalue weighted by molar-refractivity contribution is 0.393. The molecule has 0 fully saturated rings. The van der Waals surface area contributed by atoms with E-state index >= 15 is 0 Å². The van der Waals surface area contributed by atoms with Crippen molar-refractivity contribution >= 4 is 20.0 Å². The fourth-order valence-corrected chi connectivity index (χ4v) is 8.84. The first kappa shape index (κ1) is 46.7. The quantitative estimate of drug-likeness (QED) is 0.0716. The molecule has 0 saturated heterocycles. The zero-order valence-electron chi connectivity index (χ0n) is 33.5. The molecule has 0 heterocycles. The van der Waals surface area contributed by atoms with Crippen molar-refractivity contribution < 1.29 is 35.8 Å². The Labute approximate surface area is 344 Å². The van der Waals surface area contributed by atoms with Crippen LogP contribution in [0.2, 0.25) is 0 Å². The van der Waals surface area contributed by atoms with Crippen molar-refractivity contribution in [1.82, 2.24) is 8.61 Å². The number of allylic oxidation sites excluding steroid dienone is 2. The molecule has 0 aliphatic rings. The minimum absolute atomic E-state index is 0.157. The summed E-state index contributed by atoms with van der Waals surface area (Å²) in [5, 5.41) is 16.7. The molecule has 4 rings (SSSR count). The van der Waals surface area contributed by atoms with Crippen LogP contribution in [0.15, 0.2) is 122 Å². The van der Waals surface area contributed by atoms with Gasteiger partial charge >= 0.3 is 0 Å². The highest BCUT2D eigenvalue weighted by atomic mass is 32.2. The Morgan fingerprint density at radius 1 is 0.500 bits per heavy atom. The van der Waals surface area contributed by atoms with Gasteiger partial charge < -0.3 is 18.9 Å². The molecule has 0 aliphatic carbocycles. The number of hydrogen-bond acceptors (Lipinski definition) is 10. The van der Waals surface area contributed by atoms with Crippen LogP contribution in [0.5, 0.6) is 23.0 Å². The highest BCUT2D eigenvalue weighted by Gasteiger charge is 2.33. The molecule has 0 radical (unpaired) electrons. The highest BCUT2D eigenvalue weighted by Crippen LogP contribution is 2.25. The maximum Gasteiger partial charge on any atom is 0.231 e. The van der Waals surface area contributed by atoms with Gasteiger partial charge in [0.15, 0.2) is 10.5 Å². The summed E-state index contributed by atoms with van der Waals surface area (Å²) in [6.45, 7) is 7.87. The smallest absolute Gasteiger partial charge is 0.231 e. The number of sulfonamides is 2. The SMILES string of the molecule is C=CCC[C@@H](C#N)S(=O)(=O)N(Cc1ccc(OC)cc1)Cc1ccc(OC)cc1.C=CCC[C@H](C#N)S(=O)(=O)N(Cc1ccc(OC)cc1)Cc1ccc(OC)cc1. The van der Waals surface area contributed by atoms with E-state index in [1.165, 1.54) is 8.61 Å². The Hall–Kier alpha value is -5.64. The Bertz CT molecular complexity index is 1920. The lowest BCUT2D eigenvalue weighted by atomic mass is 10.2. The molecule has 4 aromatic carbocycles. The minimum Gasteiger partial charge on any atom is -0.497 e. The number of ether oxygens (including phenoxy) is 4. The van der Waals surface area contributed by atoms with Gasteiger partial charge in [-0.3, -0.25) is 0 Å². The van der Waals surface area contributed by atoms with E-state index in [4.69, 9.17) is 18.9 Å². The van der Waals surface area contributed by atoms with Gasteiger partial charge in [0.1, 0.15) is 23.0 Å². The van der Waals surface area contributed by atoms with E-state index < -0.39 is 30.5 Å². The van der Waals surface area contributed by atoms with Crippen LogP contribution in [0, 0.1) is 22.7 Å². The Kier molecular flexibility index (Phi) is 19.0. The van der Waals surface area contributed by atoms with Crippen LogP contribution >= 0.6 is 0 Å². The first-order valence-electron chi connectivity index (χ1n) is 18.4. The topological polar surface area (TPSA) is 159 Å². The lowest BCUT2D eigenvalue weighted by Gasteiger charge is -2.25. The normalized spacial score (nSPS) is 12.2.